The number of amides is 1. The van der Waals surface area contributed by atoms with Gasteiger partial charge in [-0.05, 0) is 42.8 Å². The second-order valence-corrected chi connectivity index (χ2v) is 7.99. The van der Waals surface area contributed by atoms with E-state index in [1.54, 1.807) is 32.2 Å². The number of ether oxygens (including phenoxy) is 4. The van der Waals surface area contributed by atoms with E-state index >= 15 is 0 Å². The van der Waals surface area contributed by atoms with Gasteiger partial charge < -0.3 is 23.8 Å². The van der Waals surface area contributed by atoms with Gasteiger partial charge in [0.05, 0.1) is 38.0 Å². The van der Waals surface area contributed by atoms with Crippen LogP contribution < -0.4 is 18.9 Å². The highest BCUT2D eigenvalue weighted by atomic mass is 35.5. The number of amidine groups is 2. The summed E-state index contributed by atoms with van der Waals surface area (Å²) in [6.45, 7) is 2.51. The molecule has 182 valence electrons. The Balaban J connectivity index is 1.41. The molecule has 10 heteroatoms. The van der Waals surface area contributed by atoms with Crippen molar-refractivity contribution < 1.29 is 28.6 Å². The number of allylic oxidation sites excluding steroid dienone is 1. The zero-order valence-corrected chi connectivity index (χ0v) is 20.2. The Hall–Kier alpha value is -3.98. The zero-order valence-electron chi connectivity index (χ0n) is 19.5. The number of hydrogen-bond acceptors (Lipinski definition) is 7. The molecule has 9 nitrogen and oxygen atoms in total. The lowest BCUT2D eigenvalue weighted by molar-refractivity contribution is -0.114. The van der Waals surface area contributed by atoms with E-state index in [1.165, 1.54) is 18.2 Å². The van der Waals surface area contributed by atoms with Gasteiger partial charge in [0.1, 0.15) is 17.3 Å². The summed E-state index contributed by atoms with van der Waals surface area (Å²) in [6.07, 6.45) is 3.72. The molecule has 0 fully saturated rings. The standard InChI is InChI=1S/C25H24ClN3O6/c1-15-10-22-28-25(30)19(24(27)29(22)35-15)11-16-12-20(26)23(21(13-16)32-3)34-9-5-8-33-18-7-4-6-17(14-18)31-2/h4,6-7,10-14,27H,5,8-9H2,1-3H3/b19-11-,27-24?. The molecule has 35 heavy (non-hydrogen) atoms. The molecule has 0 atom stereocenters. The van der Waals surface area contributed by atoms with E-state index in [4.69, 9.17) is 40.8 Å². The average Bonchev–Trinajstić information content (AvgIpc) is 3.22. The van der Waals surface area contributed by atoms with Gasteiger partial charge in [-0.3, -0.25) is 10.2 Å². The highest BCUT2D eigenvalue weighted by molar-refractivity contribution is 6.33. The van der Waals surface area contributed by atoms with Gasteiger partial charge in [0.15, 0.2) is 23.2 Å². The molecule has 0 saturated carbocycles. The van der Waals surface area contributed by atoms with Crippen molar-refractivity contribution in [2.45, 2.75) is 13.3 Å². The Kier molecular flexibility index (Phi) is 7.26. The predicted octanol–water partition coefficient (Wildman–Crippen LogP) is 4.66. The molecule has 0 spiro atoms. The quantitative estimate of drug-likeness (QED) is 0.397. The third-order valence-electron chi connectivity index (χ3n) is 5.09. The molecule has 1 amide bonds. The topological polar surface area (TPSA) is 103 Å². The molecule has 0 bridgehead atoms. The number of methoxy groups -OCH3 is 2. The minimum Gasteiger partial charge on any atom is -0.497 e. The molecule has 0 radical (unpaired) electrons. The summed E-state index contributed by atoms with van der Waals surface area (Å²) >= 11 is 6.47. The number of carbonyl (C=O) groups excluding carboxylic acids is 1. The van der Waals surface area contributed by atoms with Crippen LogP contribution in [0.15, 0.2) is 58.8 Å². The molecule has 0 unspecified atom stereocenters. The maximum atomic E-state index is 12.5. The van der Waals surface area contributed by atoms with E-state index in [2.05, 4.69) is 4.99 Å². The fourth-order valence-electron chi connectivity index (χ4n) is 3.44. The number of nitrogens with zero attached hydrogens (tertiary/aromatic N) is 2. The predicted molar refractivity (Wildman–Crippen MR) is 131 cm³/mol. The summed E-state index contributed by atoms with van der Waals surface area (Å²) in [6, 6.07) is 10.7. The largest absolute Gasteiger partial charge is 0.497 e. The lowest BCUT2D eigenvalue weighted by Gasteiger charge is -2.23. The van der Waals surface area contributed by atoms with Crippen molar-refractivity contribution >= 4 is 35.3 Å². The fourth-order valence-corrected chi connectivity index (χ4v) is 3.72. The summed E-state index contributed by atoms with van der Waals surface area (Å²) in [5.74, 6) is 2.39. The van der Waals surface area contributed by atoms with Crippen molar-refractivity contribution in [3.05, 3.63) is 64.4 Å². The van der Waals surface area contributed by atoms with E-state index < -0.39 is 5.91 Å². The normalized spacial score (nSPS) is 15.9. The summed E-state index contributed by atoms with van der Waals surface area (Å²) in [7, 11) is 3.10. The second-order valence-electron chi connectivity index (χ2n) is 7.59. The molecular formula is C25H24ClN3O6. The van der Waals surface area contributed by atoms with Gasteiger partial charge in [0, 0.05) is 18.6 Å². The zero-order chi connectivity index (χ0) is 24.9. The van der Waals surface area contributed by atoms with Crippen LogP contribution >= 0.6 is 11.6 Å². The van der Waals surface area contributed by atoms with Crippen LogP contribution in [0, 0.1) is 5.41 Å². The molecule has 2 aromatic carbocycles. The highest BCUT2D eigenvalue weighted by Gasteiger charge is 2.34. The second kappa shape index (κ2) is 10.5. The van der Waals surface area contributed by atoms with Gasteiger partial charge in [-0.2, -0.15) is 4.99 Å². The summed E-state index contributed by atoms with van der Waals surface area (Å²) in [5.41, 5.74) is 0.620. The minimum atomic E-state index is -0.540. The number of halogens is 1. The molecule has 2 aromatic rings. The van der Waals surface area contributed by atoms with Gasteiger partial charge in [-0.15, -0.1) is 5.06 Å². The number of nitrogens with one attached hydrogen (secondary N) is 1. The fraction of sp³-hybridized carbons (Fsp3) is 0.240. The van der Waals surface area contributed by atoms with Crippen molar-refractivity contribution in [3.63, 3.8) is 0 Å². The molecule has 2 heterocycles. The van der Waals surface area contributed by atoms with Crippen LogP contribution in [-0.2, 0) is 9.63 Å². The van der Waals surface area contributed by atoms with E-state index in [-0.39, 0.29) is 17.2 Å². The SMILES string of the molecule is COc1cccc(OCCCOc2c(Cl)cc(/C=C3/C(=N)N4OC(C)=CC4=NC3=O)cc2OC)c1. The lowest BCUT2D eigenvalue weighted by atomic mass is 10.1. The van der Waals surface area contributed by atoms with Crippen molar-refractivity contribution in [1.82, 2.24) is 5.06 Å². The van der Waals surface area contributed by atoms with E-state index in [1.807, 2.05) is 24.3 Å². The number of hydrogen-bond donors (Lipinski definition) is 1. The first kappa shape index (κ1) is 24.2. The van der Waals surface area contributed by atoms with Crippen LogP contribution in [0.2, 0.25) is 5.02 Å². The molecule has 4 rings (SSSR count). The Labute approximate surface area is 207 Å². The van der Waals surface area contributed by atoms with Crippen molar-refractivity contribution in [1.29, 1.82) is 5.41 Å². The maximum absolute atomic E-state index is 12.5. The van der Waals surface area contributed by atoms with Crippen LogP contribution in [0.5, 0.6) is 23.0 Å². The van der Waals surface area contributed by atoms with Crippen LogP contribution in [0.1, 0.15) is 18.9 Å². The first-order chi connectivity index (χ1) is 16.9. The number of fused-ring (bicyclic) bond motifs is 1. The van der Waals surface area contributed by atoms with Crippen LogP contribution in [0.4, 0.5) is 0 Å². The van der Waals surface area contributed by atoms with Gasteiger partial charge >= 0.3 is 0 Å². The van der Waals surface area contributed by atoms with Crippen LogP contribution in [0.3, 0.4) is 0 Å². The Morgan fingerprint density at radius 2 is 1.89 bits per heavy atom. The van der Waals surface area contributed by atoms with Crippen molar-refractivity contribution in [2.24, 2.45) is 4.99 Å². The van der Waals surface area contributed by atoms with E-state index in [9.17, 15) is 4.79 Å². The first-order valence-electron chi connectivity index (χ1n) is 10.8. The van der Waals surface area contributed by atoms with E-state index in [0.717, 1.165) is 5.75 Å². The third-order valence-corrected chi connectivity index (χ3v) is 5.37. The number of rotatable bonds is 9. The third kappa shape index (κ3) is 5.41. The van der Waals surface area contributed by atoms with Crippen LogP contribution in [0.25, 0.3) is 6.08 Å². The Bertz CT molecular complexity index is 1250. The molecule has 2 aliphatic heterocycles. The summed E-state index contributed by atoms with van der Waals surface area (Å²) < 4.78 is 22.2. The summed E-state index contributed by atoms with van der Waals surface area (Å²) in [5, 5.41) is 9.85. The average molecular weight is 498 g/mol. The summed E-state index contributed by atoms with van der Waals surface area (Å²) in [4.78, 5) is 21.9. The maximum Gasteiger partial charge on any atom is 0.282 e. The van der Waals surface area contributed by atoms with E-state index in [0.29, 0.717) is 53.2 Å². The highest BCUT2D eigenvalue weighted by Crippen LogP contribution is 2.37. The molecule has 0 aromatic heterocycles. The number of benzene rings is 2. The number of hydroxylamine groups is 2. The van der Waals surface area contributed by atoms with Gasteiger partial charge in [0.25, 0.3) is 5.91 Å². The van der Waals surface area contributed by atoms with Crippen molar-refractivity contribution in [2.75, 3.05) is 27.4 Å². The Morgan fingerprint density at radius 3 is 2.66 bits per heavy atom. The van der Waals surface area contributed by atoms with Crippen LogP contribution in [-0.4, -0.2) is 50.1 Å². The molecular weight excluding hydrogens is 474 g/mol. The minimum absolute atomic E-state index is 0.0679. The first-order valence-corrected chi connectivity index (χ1v) is 11.1. The lowest BCUT2D eigenvalue weighted by Crippen LogP contribution is -2.38. The molecule has 1 N–H and O–H groups in total. The van der Waals surface area contributed by atoms with Crippen molar-refractivity contribution in [3.8, 4) is 23.0 Å². The number of aliphatic imine (C=N–C) groups is 1. The number of carbonyl (C=O) groups is 1. The molecule has 2 aliphatic rings. The Morgan fingerprint density at radius 1 is 1.11 bits per heavy atom. The van der Waals surface area contributed by atoms with Gasteiger partial charge in [-0.25, -0.2) is 0 Å². The molecule has 0 aliphatic carbocycles. The van der Waals surface area contributed by atoms with Gasteiger partial charge in [0.2, 0.25) is 0 Å². The monoisotopic (exact) mass is 497 g/mol. The smallest absolute Gasteiger partial charge is 0.282 e. The molecule has 0 saturated heterocycles. The van der Waals surface area contributed by atoms with Gasteiger partial charge in [-0.1, -0.05) is 17.7 Å².